The number of rotatable bonds is 8. The monoisotopic (exact) mass is 372 g/mol. The van der Waals surface area contributed by atoms with E-state index in [9.17, 15) is 13.5 Å². The van der Waals surface area contributed by atoms with Gasteiger partial charge in [-0.15, -0.1) is 5.75 Å². The predicted molar refractivity (Wildman–Crippen MR) is 90.1 cm³/mol. The van der Waals surface area contributed by atoms with Crippen molar-refractivity contribution in [1.29, 1.82) is 0 Å². The van der Waals surface area contributed by atoms with Crippen molar-refractivity contribution in [2.45, 2.75) is 43.9 Å². The number of hydrogen-bond acceptors (Lipinski definition) is 4. The maximum absolute atomic E-state index is 12.1. The first kappa shape index (κ1) is 22.0. The number of ether oxygens (including phenoxy) is 1. The van der Waals surface area contributed by atoms with Gasteiger partial charge in [-0.25, -0.2) is 0 Å². The maximum Gasteiger partial charge on any atom is 1.00 e. The standard InChI is InChI=1S/C18H22O5S.Na/c1-2-3-4-5-6-14-7-8-16(13-18(14)19)23-15-9-11-17(12-10-15)24(20,21)22;/h7-13,19H,2-6H2,1H3,(H,20,21,22);/q;+1/p-1. The molecule has 0 aromatic heterocycles. The largest absolute Gasteiger partial charge is 1.00 e. The van der Waals surface area contributed by atoms with Crippen molar-refractivity contribution in [3.05, 3.63) is 48.0 Å². The Morgan fingerprint density at radius 1 is 1.00 bits per heavy atom. The molecule has 0 fully saturated rings. The fourth-order valence-electron chi connectivity index (χ4n) is 2.36. The van der Waals surface area contributed by atoms with Gasteiger partial charge in [0.05, 0.1) is 4.90 Å². The van der Waals surface area contributed by atoms with E-state index in [-0.39, 0.29) is 40.2 Å². The Morgan fingerprint density at radius 2 is 1.64 bits per heavy atom. The van der Waals surface area contributed by atoms with Crippen molar-refractivity contribution in [3.63, 3.8) is 0 Å². The quantitative estimate of drug-likeness (QED) is 0.423. The first-order valence-corrected chi connectivity index (χ1v) is 9.39. The Bertz CT molecular complexity index is 773. The summed E-state index contributed by atoms with van der Waals surface area (Å²) in [4.78, 5) is -0.207. The number of benzene rings is 2. The van der Waals surface area contributed by atoms with Crippen molar-refractivity contribution in [2.75, 3.05) is 0 Å². The predicted octanol–water partition coefficient (Wildman–Crippen LogP) is 0.926. The molecule has 0 heterocycles. The summed E-state index contributed by atoms with van der Waals surface area (Å²) in [6.07, 6.45) is 5.22. The zero-order valence-electron chi connectivity index (χ0n) is 14.6. The molecule has 0 aliphatic carbocycles. The molecule has 7 heteroatoms. The van der Waals surface area contributed by atoms with Gasteiger partial charge < -0.3 is 9.84 Å². The normalized spacial score (nSPS) is 11.0. The molecule has 0 aliphatic rings. The van der Waals surface area contributed by atoms with Gasteiger partial charge in [-0.3, -0.25) is 4.55 Å². The number of hydrogen-bond donors (Lipinski definition) is 1. The third-order valence-corrected chi connectivity index (χ3v) is 4.56. The van der Waals surface area contributed by atoms with Gasteiger partial charge in [-0.1, -0.05) is 37.8 Å². The average Bonchev–Trinajstić information content (AvgIpc) is 2.53. The molecule has 0 bridgehead atoms. The second-order valence-electron chi connectivity index (χ2n) is 5.63. The summed E-state index contributed by atoms with van der Waals surface area (Å²) < 4.78 is 36.5. The molecule has 0 amide bonds. The van der Waals surface area contributed by atoms with E-state index in [0.29, 0.717) is 11.5 Å². The van der Waals surface area contributed by atoms with E-state index in [2.05, 4.69) is 6.92 Å². The summed E-state index contributed by atoms with van der Waals surface area (Å²) in [6, 6.07) is 10.3. The van der Waals surface area contributed by atoms with Crippen molar-refractivity contribution in [2.24, 2.45) is 0 Å². The van der Waals surface area contributed by atoms with Gasteiger partial charge in [0.2, 0.25) is 0 Å². The van der Waals surface area contributed by atoms with Crippen molar-refractivity contribution < 1.29 is 52.4 Å². The van der Waals surface area contributed by atoms with Crippen LogP contribution >= 0.6 is 0 Å². The van der Waals surface area contributed by atoms with Gasteiger partial charge in [0.25, 0.3) is 10.1 Å². The zero-order chi connectivity index (χ0) is 17.6. The van der Waals surface area contributed by atoms with Gasteiger partial charge in [-0.2, -0.15) is 8.42 Å². The van der Waals surface area contributed by atoms with Crippen LogP contribution in [0.3, 0.4) is 0 Å². The molecule has 0 atom stereocenters. The molecule has 2 aromatic carbocycles. The first-order valence-electron chi connectivity index (χ1n) is 7.95. The molecule has 130 valence electrons. The molecule has 0 unspecified atom stereocenters. The zero-order valence-corrected chi connectivity index (χ0v) is 17.4. The third-order valence-electron chi connectivity index (χ3n) is 3.70. The second-order valence-corrected chi connectivity index (χ2v) is 7.05. The summed E-state index contributed by atoms with van der Waals surface area (Å²) in [5.74, 6) is 0.730. The molecule has 0 saturated heterocycles. The van der Waals surface area contributed by atoms with E-state index in [1.54, 1.807) is 12.1 Å². The molecular weight excluding hydrogens is 351 g/mol. The van der Waals surface area contributed by atoms with Crippen LogP contribution in [0.15, 0.2) is 47.4 Å². The van der Waals surface area contributed by atoms with Crippen molar-refractivity contribution >= 4 is 10.1 Å². The minimum absolute atomic E-state index is 0. The van der Waals surface area contributed by atoms with Crippen LogP contribution in [0.4, 0.5) is 0 Å². The molecule has 25 heavy (non-hydrogen) atoms. The molecule has 5 nitrogen and oxygen atoms in total. The van der Waals surface area contributed by atoms with E-state index >= 15 is 0 Å². The number of unbranched alkanes of at least 4 members (excludes halogenated alkanes) is 3. The van der Waals surface area contributed by atoms with Crippen LogP contribution < -0.4 is 39.4 Å². The topological polar surface area (TPSA) is 86.7 Å². The van der Waals surface area contributed by atoms with Gasteiger partial charge in [0.15, 0.2) is 0 Å². The van der Waals surface area contributed by atoms with Crippen molar-refractivity contribution in [1.82, 2.24) is 0 Å². The first-order chi connectivity index (χ1) is 11.4. The summed E-state index contributed by atoms with van der Waals surface area (Å²) in [5, 5.41) is 12.1. The Balaban J connectivity index is 0.00000312. The molecule has 0 aliphatic heterocycles. The number of aryl methyl sites for hydroxylation is 1. The molecule has 0 saturated carbocycles. The average molecular weight is 372 g/mol. The fraction of sp³-hybridized carbons (Fsp3) is 0.333. The van der Waals surface area contributed by atoms with Crippen LogP contribution in [-0.4, -0.2) is 13.0 Å². The van der Waals surface area contributed by atoms with Crippen LogP contribution in [0, 0.1) is 0 Å². The SMILES string of the molecule is CCCCCCc1ccc(Oc2ccc(S(=O)(=O)O)cc2)cc1[O-].[Na+]. The smallest absolute Gasteiger partial charge is 0.872 e. The Morgan fingerprint density at radius 3 is 2.20 bits per heavy atom. The fourth-order valence-corrected chi connectivity index (χ4v) is 2.84. The van der Waals surface area contributed by atoms with Gasteiger partial charge in [0.1, 0.15) is 11.5 Å². The van der Waals surface area contributed by atoms with Crippen LogP contribution in [0.25, 0.3) is 0 Å². The van der Waals surface area contributed by atoms with E-state index < -0.39 is 10.1 Å². The van der Waals surface area contributed by atoms with Gasteiger partial charge in [-0.05, 0) is 49.2 Å². The van der Waals surface area contributed by atoms with Crippen LogP contribution in [-0.2, 0) is 16.5 Å². The minimum atomic E-state index is -4.22. The Kier molecular flexibility index (Phi) is 8.96. The third kappa shape index (κ3) is 6.99. The summed E-state index contributed by atoms with van der Waals surface area (Å²) in [6.45, 7) is 2.15. The Hall–Kier alpha value is -1.05. The van der Waals surface area contributed by atoms with Gasteiger partial charge in [0, 0.05) is 0 Å². The van der Waals surface area contributed by atoms with Crippen LogP contribution in [0.5, 0.6) is 17.2 Å². The molecule has 0 spiro atoms. The molecule has 2 aromatic rings. The van der Waals surface area contributed by atoms with E-state index in [4.69, 9.17) is 9.29 Å². The molecule has 0 radical (unpaired) electrons. The van der Waals surface area contributed by atoms with E-state index in [0.717, 1.165) is 31.2 Å². The van der Waals surface area contributed by atoms with E-state index in [1.165, 1.54) is 36.8 Å². The minimum Gasteiger partial charge on any atom is -0.872 e. The Labute approximate surface area is 171 Å². The van der Waals surface area contributed by atoms with Gasteiger partial charge >= 0.3 is 29.6 Å². The second kappa shape index (κ2) is 10.2. The summed E-state index contributed by atoms with van der Waals surface area (Å²) >= 11 is 0. The molecule has 2 rings (SSSR count). The van der Waals surface area contributed by atoms with Crippen molar-refractivity contribution in [3.8, 4) is 17.2 Å². The summed E-state index contributed by atoms with van der Waals surface area (Å²) in [5.41, 5.74) is 0.778. The molecular formula is C18H21NaO5S. The summed E-state index contributed by atoms with van der Waals surface area (Å²) in [7, 11) is -4.22. The van der Waals surface area contributed by atoms with Crippen LogP contribution in [0.1, 0.15) is 38.2 Å². The maximum atomic E-state index is 12.1. The van der Waals surface area contributed by atoms with Crippen LogP contribution in [0.2, 0.25) is 0 Å². The van der Waals surface area contributed by atoms with E-state index in [1.807, 2.05) is 0 Å². The molecule has 1 N–H and O–H groups in total.